The number of rotatable bonds is 5. The van der Waals surface area contributed by atoms with E-state index in [1.165, 1.54) is 28.1 Å². The highest BCUT2D eigenvalue weighted by atomic mass is 32.1. The van der Waals surface area contributed by atoms with Crippen molar-refractivity contribution in [2.75, 3.05) is 16.3 Å². The fraction of sp³-hybridized carbons (Fsp3) is 0.333. The fourth-order valence-corrected chi connectivity index (χ4v) is 3.87. The van der Waals surface area contributed by atoms with E-state index in [2.05, 4.69) is 4.98 Å². The molecule has 1 saturated heterocycles. The summed E-state index contributed by atoms with van der Waals surface area (Å²) in [5.41, 5.74) is 1.28. The number of urea groups is 1. The summed E-state index contributed by atoms with van der Waals surface area (Å²) in [6, 6.07) is 8.21. The van der Waals surface area contributed by atoms with Crippen LogP contribution in [0.2, 0.25) is 0 Å². The molecule has 4 amide bonds. The lowest BCUT2D eigenvalue weighted by Gasteiger charge is -2.19. The lowest BCUT2D eigenvalue weighted by molar-refractivity contribution is -0.127. The van der Waals surface area contributed by atoms with Gasteiger partial charge in [0.05, 0.1) is 12.2 Å². The molecule has 1 aromatic heterocycles. The van der Waals surface area contributed by atoms with Crippen LogP contribution in [0.5, 0.6) is 0 Å². The number of thiazole rings is 1. The molecule has 3 rings (SSSR count). The molecule has 8 heteroatoms. The Kier molecular flexibility index (Phi) is 5.03. The summed E-state index contributed by atoms with van der Waals surface area (Å²) >= 11 is 1.33. The Balaban J connectivity index is 1.80. The first-order valence-electron chi connectivity index (χ1n) is 8.36. The van der Waals surface area contributed by atoms with E-state index in [0.717, 1.165) is 0 Å². The zero-order valence-corrected chi connectivity index (χ0v) is 15.7. The molecule has 1 aliphatic heterocycles. The van der Waals surface area contributed by atoms with Gasteiger partial charge in [-0.15, -0.1) is 11.3 Å². The molecule has 1 aliphatic rings. The second-order valence-corrected chi connectivity index (χ2v) is 6.81. The monoisotopic (exact) mass is 372 g/mol. The van der Waals surface area contributed by atoms with Gasteiger partial charge in [0, 0.05) is 24.5 Å². The van der Waals surface area contributed by atoms with Crippen LogP contribution in [0.25, 0.3) is 0 Å². The predicted molar refractivity (Wildman–Crippen MR) is 100 cm³/mol. The van der Waals surface area contributed by atoms with Crippen LogP contribution in [0.1, 0.15) is 26.5 Å². The first-order valence-corrected chi connectivity index (χ1v) is 9.24. The van der Waals surface area contributed by atoms with Gasteiger partial charge in [-0.05, 0) is 26.0 Å². The van der Waals surface area contributed by atoms with Crippen molar-refractivity contribution < 1.29 is 14.4 Å². The molecule has 0 bridgehead atoms. The molecule has 26 heavy (non-hydrogen) atoms. The van der Waals surface area contributed by atoms with Gasteiger partial charge in [0.25, 0.3) is 5.91 Å². The van der Waals surface area contributed by atoms with E-state index in [0.29, 0.717) is 23.1 Å². The van der Waals surface area contributed by atoms with Crippen LogP contribution < -0.4 is 9.80 Å². The van der Waals surface area contributed by atoms with Crippen molar-refractivity contribution in [3.05, 3.63) is 41.4 Å². The maximum atomic E-state index is 12.8. The first kappa shape index (κ1) is 18.1. The lowest BCUT2D eigenvalue weighted by atomic mass is 10.2. The molecule has 1 atom stereocenters. The van der Waals surface area contributed by atoms with Gasteiger partial charge in [0.15, 0.2) is 5.13 Å². The number of imide groups is 1. The summed E-state index contributed by atoms with van der Waals surface area (Å²) in [7, 11) is 0. The smallest absolute Gasteiger partial charge is 0.289 e. The quantitative estimate of drug-likeness (QED) is 0.757. The van der Waals surface area contributed by atoms with Crippen LogP contribution >= 0.6 is 11.3 Å². The van der Waals surface area contributed by atoms with E-state index < -0.39 is 6.04 Å². The predicted octanol–water partition coefficient (Wildman–Crippen LogP) is 2.87. The number of benzene rings is 1. The van der Waals surface area contributed by atoms with E-state index in [1.807, 2.05) is 25.1 Å². The number of para-hydroxylation sites is 1. The number of hydrogen-bond acceptors (Lipinski definition) is 5. The van der Waals surface area contributed by atoms with E-state index >= 15 is 0 Å². The van der Waals surface area contributed by atoms with Crippen molar-refractivity contribution in [3.63, 3.8) is 0 Å². The lowest BCUT2D eigenvalue weighted by Crippen LogP contribution is -2.33. The Morgan fingerprint density at radius 1 is 1.27 bits per heavy atom. The summed E-state index contributed by atoms with van der Waals surface area (Å²) in [5.74, 6) is -0.349. The van der Waals surface area contributed by atoms with Crippen molar-refractivity contribution in [2.45, 2.75) is 33.4 Å². The summed E-state index contributed by atoms with van der Waals surface area (Å²) in [6.45, 7) is 5.68. The topological polar surface area (TPSA) is 73.8 Å². The van der Waals surface area contributed by atoms with Gasteiger partial charge in [-0.1, -0.05) is 18.2 Å². The standard InChI is InChI=1S/C18H20N4O3S/c1-4-20(13(3)23)17-19-14(11-26-17)10-21-16(24)12(2)22(18(21)25)15-8-6-5-7-9-15/h5-9,11-12H,4,10H2,1-3H3. The van der Waals surface area contributed by atoms with Crippen molar-refractivity contribution in [1.29, 1.82) is 0 Å². The second kappa shape index (κ2) is 7.25. The average Bonchev–Trinajstić information content (AvgIpc) is 3.15. The van der Waals surface area contributed by atoms with Crippen LogP contribution in [0.15, 0.2) is 35.7 Å². The molecule has 2 heterocycles. The van der Waals surface area contributed by atoms with Gasteiger partial charge in [0.1, 0.15) is 6.04 Å². The summed E-state index contributed by atoms with van der Waals surface area (Å²) < 4.78 is 0. The van der Waals surface area contributed by atoms with E-state index in [4.69, 9.17) is 0 Å². The highest BCUT2D eigenvalue weighted by Gasteiger charge is 2.43. The van der Waals surface area contributed by atoms with Crippen molar-refractivity contribution in [3.8, 4) is 0 Å². The van der Waals surface area contributed by atoms with Crippen molar-refractivity contribution >= 4 is 40.0 Å². The van der Waals surface area contributed by atoms with Crippen LogP contribution in [0, 0.1) is 0 Å². The number of carbonyl (C=O) groups is 3. The summed E-state index contributed by atoms with van der Waals surface area (Å²) in [6.07, 6.45) is 0. The third-order valence-electron chi connectivity index (χ3n) is 4.27. The van der Waals surface area contributed by atoms with Gasteiger partial charge in [0.2, 0.25) is 5.91 Å². The Bertz CT molecular complexity index is 836. The third-order valence-corrected chi connectivity index (χ3v) is 5.18. The van der Waals surface area contributed by atoms with Gasteiger partial charge < -0.3 is 0 Å². The minimum Gasteiger partial charge on any atom is -0.289 e. The van der Waals surface area contributed by atoms with Crippen molar-refractivity contribution in [2.24, 2.45) is 0 Å². The maximum absolute atomic E-state index is 12.8. The van der Waals surface area contributed by atoms with E-state index in [-0.39, 0.29) is 24.4 Å². The fourth-order valence-electron chi connectivity index (χ4n) is 2.94. The molecular weight excluding hydrogens is 352 g/mol. The summed E-state index contributed by atoms with van der Waals surface area (Å²) in [5, 5.41) is 2.35. The number of carbonyl (C=O) groups excluding carboxylic acids is 3. The molecule has 136 valence electrons. The van der Waals surface area contributed by atoms with Crippen LogP contribution in [-0.4, -0.2) is 40.3 Å². The SMILES string of the molecule is CCN(C(C)=O)c1nc(CN2C(=O)C(C)N(c3ccccc3)C2=O)cs1. The van der Waals surface area contributed by atoms with Crippen LogP contribution in [0.4, 0.5) is 15.6 Å². The molecule has 1 aromatic carbocycles. The second-order valence-electron chi connectivity index (χ2n) is 5.97. The molecule has 0 N–H and O–H groups in total. The minimum atomic E-state index is -0.563. The Morgan fingerprint density at radius 2 is 1.96 bits per heavy atom. The Morgan fingerprint density at radius 3 is 2.58 bits per heavy atom. The molecule has 0 aliphatic carbocycles. The molecule has 1 fully saturated rings. The zero-order chi connectivity index (χ0) is 18.8. The number of amides is 4. The molecule has 0 saturated carbocycles. The normalized spacial score (nSPS) is 17.1. The van der Waals surface area contributed by atoms with Crippen LogP contribution in [-0.2, 0) is 16.1 Å². The van der Waals surface area contributed by atoms with Gasteiger partial charge in [-0.2, -0.15) is 0 Å². The number of hydrogen-bond donors (Lipinski definition) is 0. The molecule has 7 nitrogen and oxygen atoms in total. The molecular formula is C18H20N4O3S. The Labute approximate surface area is 155 Å². The molecule has 2 aromatic rings. The van der Waals surface area contributed by atoms with Crippen molar-refractivity contribution in [1.82, 2.24) is 9.88 Å². The zero-order valence-electron chi connectivity index (χ0n) is 14.9. The molecule has 0 radical (unpaired) electrons. The van der Waals surface area contributed by atoms with Gasteiger partial charge >= 0.3 is 6.03 Å². The van der Waals surface area contributed by atoms with Gasteiger partial charge in [-0.25, -0.2) is 9.78 Å². The summed E-state index contributed by atoms with van der Waals surface area (Å²) in [4.78, 5) is 45.7. The van der Waals surface area contributed by atoms with E-state index in [1.54, 1.807) is 29.3 Å². The highest BCUT2D eigenvalue weighted by molar-refractivity contribution is 7.14. The molecule has 0 spiro atoms. The first-order chi connectivity index (χ1) is 12.4. The largest absolute Gasteiger partial charge is 0.332 e. The van der Waals surface area contributed by atoms with Gasteiger partial charge in [-0.3, -0.25) is 24.3 Å². The van der Waals surface area contributed by atoms with E-state index in [9.17, 15) is 14.4 Å². The number of nitrogens with zero attached hydrogens (tertiary/aromatic N) is 4. The van der Waals surface area contributed by atoms with Crippen LogP contribution in [0.3, 0.4) is 0 Å². The number of aromatic nitrogens is 1. The maximum Gasteiger partial charge on any atom is 0.332 e. The molecule has 1 unspecified atom stereocenters. The Hall–Kier alpha value is -2.74. The highest BCUT2D eigenvalue weighted by Crippen LogP contribution is 2.28. The number of anilines is 2. The average molecular weight is 372 g/mol. The third kappa shape index (κ3) is 3.20. The minimum absolute atomic E-state index is 0.0920.